The average Bonchev–Trinajstić information content (AvgIpc) is 2.85. The monoisotopic (exact) mass is 580 g/mol. The Bertz CT molecular complexity index is 1430. The van der Waals surface area contributed by atoms with Crippen LogP contribution in [0.25, 0.3) is 0 Å². The minimum atomic E-state index is -4.73. The summed E-state index contributed by atoms with van der Waals surface area (Å²) in [6, 6.07) is 10.3. The van der Waals surface area contributed by atoms with Crippen molar-refractivity contribution in [2.24, 2.45) is 0 Å². The highest BCUT2D eigenvalue weighted by molar-refractivity contribution is 7.92. The number of hydrogen-bond acceptors (Lipinski definition) is 10. The van der Waals surface area contributed by atoms with E-state index in [0.29, 0.717) is 29.1 Å². The predicted octanol–water partition coefficient (Wildman–Crippen LogP) is 2.88. The number of rotatable bonds is 10. The number of halogens is 3. The lowest BCUT2D eigenvalue weighted by atomic mass is 10.0. The molecule has 1 aliphatic rings. The number of anilines is 4. The SMILES string of the molecule is CN(C)C1CN(C(O)c2ccc(Nc3ncc(C(F)(F)F)c(NCc4cccnc4N(C)S(C)(=O)=O)n3)cc2)C1. The third-order valence-electron chi connectivity index (χ3n) is 6.64. The van der Waals surface area contributed by atoms with Crippen molar-refractivity contribution in [3.63, 3.8) is 0 Å². The third kappa shape index (κ3) is 6.78. The Balaban J connectivity index is 1.50. The van der Waals surface area contributed by atoms with E-state index in [4.69, 9.17) is 0 Å². The van der Waals surface area contributed by atoms with E-state index < -0.39 is 33.8 Å². The Morgan fingerprint density at radius 2 is 1.80 bits per heavy atom. The van der Waals surface area contributed by atoms with Crippen LogP contribution >= 0.6 is 0 Å². The number of aliphatic hydroxyl groups is 1. The van der Waals surface area contributed by atoms with Crippen LogP contribution in [0.2, 0.25) is 0 Å². The van der Waals surface area contributed by atoms with Crippen molar-refractivity contribution >= 4 is 33.3 Å². The van der Waals surface area contributed by atoms with Gasteiger partial charge in [0.1, 0.15) is 23.4 Å². The second-order valence-corrected chi connectivity index (χ2v) is 11.7. The molecule has 4 rings (SSSR count). The number of aliphatic hydroxyl groups excluding tert-OH is 1. The molecule has 1 saturated heterocycles. The van der Waals surface area contributed by atoms with Gasteiger partial charge in [-0.1, -0.05) is 18.2 Å². The van der Waals surface area contributed by atoms with E-state index >= 15 is 0 Å². The van der Waals surface area contributed by atoms with Crippen molar-refractivity contribution < 1.29 is 26.7 Å². The summed E-state index contributed by atoms with van der Waals surface area (Å²) < 4.78 is 66.0. The molecule has 15 heteroatoms. The summed E-state index contributed by atoms with van der Waals surface area (Å²) in [6.07, 6.45) is -2.43. The fraction of sp³-hybridized carbons (Fsp3) is 0.400. The molecule has 0 aliphatic carbocycles. The predicted molar refractivity (Wildman–Crippen MR) is 146 cm³/mol. The lowest BCUT2D eigenvalue weighted by Gasteiger charge is -2.45. The number of sulfonamides is 1. The van der Waals surface area contributed by atoms with E-state index in [9.17, 15) is 26.7 Å². The highest BCUT2D eigenvalue weighted by Gasteiger charge is 2.36. The third-order valence-corrected chi connectivity index (χ3v) is 7.80. The van der Waals surface area contributed by atoms with E-state index in [1.165, 1.54) is 13.2 Å². The lowest BCUT2D eigenvalue weighted by molar-refractivity contribution is -0.137. The number of nitrogens with one attached hydrogen (secondary N) is 2. The van der Waals surface area contributed by atoms with Gasteiger partial charge >= 0.3 is 6.18 Å². The topological polar surface area (TPSA) is 127 Å². The number of alkyl halides is 3. The van der Waals surface area contributed by atoms with Crippen molar-refractivity contribution in [1.29, 1.82) is 0 Å². The van der Waals surface area contributed by atoms with E-state index in [-0.39, 0.29) is 18.3 Å². The van der Waals surface area contributed by atoms with Crippen molar-refractivity contribution in [2.45, 2.75) is 25.0 Å². The molecule has 3 heterocycles. The molecule has 1 aliphatic heterocycles. The fourth-order valence-electron chi connectivity index (χ4n) is 4.06. The van der Waals surface area contributed by atoms with Gasteiger partial charge in [-0.25, -0.2) is 18.4 Å². The van der Waals surface area contributed by atoms with E-state index in [2.05, 4.69) is 30.5 Å². The number of hydrogen-bond donors (Lipinski definition) is 3. The molecule has 1 aromatic carbocycles. The molecule has 1 unspecified atom stereocenters. The molecule has 2 aromatic heterocycles. The highest BCUT2D eigenvalue weighted by atomic mass is 32.2. The van der Waals surface area contributed by atoms with Gasteiger partial charge in [-0.2, -0.15) is 18.2 Å². The Hall–Kier alpha value is -3.53. The summed E-state index contributed by atoms with van der Waals surface area (Å²) >= 11 is 0. The first kappa shape index (κ1) is 29.5. The molecule has 0 bridgehead atoms. The largest absolute Gasteiger partial charge is 0.421 e. The van der Waals surface area contributed by atoms with Gasteiger partial charge in [-0.15, -0.1) is 0 Å². The second-order valence-electron chi connectivity index (χ2n) is 9.72. The smallest absolute Gasteiger partial charge is 0.374 e. The summed E-state index contributed by atoms with van der Waals surface area (Å²) in [7, 11) is 1.65. The summed E-state index contributed by atoms with van der Waals surface area (Å²) in [5.74, 6) is -0.488. The number of aromatic nitrogens is 3. The Labute approximate surface area is 230 Å². The molecule has 3 N–H and O–H groups in total. The Morgan fingerprint density at radius 1 is 1.12 bits per heavy atom. The van der Waals surface area contributed by atoms with Crippen LogP contribution < -0.4 is 14.9 Å². The first-order valence-electron chi connectivity index (χ1n) is 12.3. The summed E-state index contributed by atoms with van der Waals surface area (Å²) in [6.45, 7) is 1.31. The molecule has 216 valence electrons. The molecule has 0 spiro atoms. The lowest BCUT2D eigenvalue weighted by Crippen LogP contribution is -2.58. The molecule has 3 aromatic rings. The van der Waals surface area contributed by atoms with Crippen LogP contribution in [0.5, 0.6) is 0 Å². The van der Waals surface area contributed by atoms with Gasteiger partial charge in [0.2, 0.25) is 16.0 Å². The van der Waals surface area contributed by atoms with Gasteiger partial charge in [0.25, 0.3) is 0 Å². The molecule has 0 amide bonds. The zero-order valence-corrected chi connectivity index (χ0v) is 23.2. The Kier molecular flexibility index (Phi) is 8.49. The maximum Gasteiger partial charge on any atom is 0.421 e. The number of likely N-dealkylation sites (tertiary alicyclic amines) is 1. The van der Waals surface area contributed by atoms with Gasteiger partial charge < -0.3 is 20.6 Å². The molecule has 1 fully saturated rings. The van der Waals surface area contributed by atoms with Crippen molar-refractivity contribution in [3.8, 4) is 0 Å². The Morgan fingerprint density at radius 3 is 2.40 bits per heavy atom. The van der Waals surface area contributed by atoms with Gasteiger partial charge in [-0.3, -0.25) is 9.21 Å². The molecular formula is C25H31F3N8O3S. The highest BCUT2D eigenvalue weighted by Crippen LogP contribution is 2.35. The van der Waals surface area contributed by atoms with Gasteiger partial charge in [0.05, 0.1) is 6.26 Å². The standard InChI is InChI=1S/C25H31F3N8O3S/c1-34(2)19-14-36(15-19)23(37)16-7-9-18(10-8-16)32-24-31-13-20(25(26,27)28)21(33-24)30-12-17-6-5-11-29-22(17)35(3)40(4,38)39/h5-11,13,19,23,37H,12,14-15H2,1-4H3,(H2,30,31,32,33). The minimum Gasteiger partial charge on any atom is -0.374 e. The van der Waals surface area contributed by atoms with Gasteiger partial charge in [-0.05, 0) is 37.9 Å². The summed E-state index contributed by atoms with van der Waals surface area (Å²) in [4.78, 5) is 16.0. The van der Waals surface area contributed by atoms with E-state index in [1.54, 1.807) is 36.4 Å². The zero-order valence-electron chi connectivity index (χ0n) is 22.4. The molecule has 0 saturated carbocycles. The second kappa shape index (κ2) is 11.5. The van der Waals surface area contributed by atoms with Gasteiger partial charge in [0.15, 0.2) is 0 Å². The molecule has 0 radical (unpaired) electrons. The molecule has 40 heavy (non-hydrogen) atoms. The number of benzene rings is 1. The van der Waals surface area contributed by atoms with Crippen LogP contribution in [0.3, 0.4) is 0 Å². The van der Waals surface area contributed by atoms with Crippen LogP contribution in [-0.4, -0.2) is 84.8 Å². The first-order chi connectivity index (χ1) is 18.7. The van der Waals surface area contributed by atoms with Crippen molar-refractivity contribution in [1.82, 2.24) is 24.8 Å². The van der Waals surface area contributed by atoms with E-state index in [0.717, 1.165) is 23.7 Å². The van der Waals surface area contributed by atoms with Crippen molar-refractivity contribution in [2.75, 3.05) is 55.4 Å². The number of likely N-dealkylation sites (N-methyl/N-ethyl adjacent to an activating group) is 1. The number of nitrogens with zero attached hydrogens (tertiary/aromatic N) is 6. The van der Waals surface area contributed by atoms with Crippen LogP contribution in [0.15, 0.2) is 48.8 Å². The minimum absolute atomic E-state index is 0.0798. The maximum atomic E-state index is 13.7. The number of pyridine rings is 1. The molecule has 11 nitrogen and oxygen atoms in total. The molecular weight excluding hydrogens is 549 g/mol. The summed E-state index contributed by atoms with van der Waals surface area (Å²) in [5, 5.41) is 16.2. The fourth-order valence-corrected chi connectivity index (χ4v) is 4.54. The summed E-state index contributed by atoms with van der Waals surface area (Å²) in [5.41, 5.74) is 0.472. The van der Waals surface area contributed by atoms with Crippen LogP contribution in [0, 0.1) is 0 Å². The van der Waals surface area contributed by atoms with Gasteiger partial charge in [0, 0.05) is 56.4 Å². The van der Waals surface area contributed by atoms with Crippen LogP contribution in [0.1, 0.15) is 22.9 Å². The van der Waals surface area contributed by atoms with Crippen LogP contribution in [-0.2, 0) is 22.7 Å². The normalized spacial score (nSPS) is 15.5. The van der Waals surface area contributed by atoms with Crippen molar-refractivity contribution in [3.05, 3.63) is 65.5 Å². The average molecular weight is 581 g/mol. The first-order valence-corrected chi connectivity index (χ1v) is 14.1. The molecule has 1 atom stereocenters. The van der Waals surface area contributed by atoms with E-state index in [1.807, 2.05) is 19.0 Å². The quantitative estimate of drug-likeness (QED) is 0.330. The zero-order chi connectivity index (χ0) is 29.2. The maximum absolute atomic E-state index is 13.7. The van der Waals surface area contributed by atoms with Crippen LogP contribution in [0.4, 0.5) is 36.4 Å².